The summed E-state index contributed by atoms with van der Waals surface area (Å²) in [5, 5.41) is 40.5. The molecule has 9 rings (SSSR count). The van der Waals surface area contributed by atoms with Crippen LogP contribution in [0.15, 0.2) is 76.6 Å². The predicted octanol–water partition coefficient (Wildman–Crippen LogP) is 8.56. The lowest BCUT2D eigenvalue weighted by Gasteiger charge is -2.43. The Morgan fingerprint density at radius 1 is 0.951 bits per heavy atom. The zero-order valence-corrected chi connectivity index (χ0v) is 49.1. The Bertz CT molecular complexity index is 2670. The van der Waals surface area contributed by atoms with Crippen molar-refractivity contribution in [1.29, 1.82) is 10.8 Å². The van der Waals surface area contributed by atoms with Gasteiger partial charge in [0, 0.05) is 112 Å². The number of aryl methyl sites for hydroxylation is 1. The number of hydrogen-bond acceptors (Lipinski definition) is 14. The minimum absolute atomic E-state index is 0.00340. The van der Waals surface area contributed by atoms with Crippen LogP contribution in [0.25, 0.3) is 5.69 Å². The van der Waals surface area contributed by atoms with Gasteiger partial charge in [0.2, 0.25) is 12.8 Å². The summed E-state index contributed by atoms with van der Waals surface area (Å²) >= 11 is 0. The summed E-state index contributed by atoms with van der Waals surface area (Å²) in [5.74, 6) is 11.3. The van der Waals surface area contributed by atoms with Gasteiger partial charge in [-0.15, -0.1) is 0 Å². The van der Waals surface area contributed by atoms with Gasteiger partial charge in [0.25, 0.3) is 0 Å². The lowest BCUT2D eigenvalue weighted by molar-refractivity contribution is -0.109. The molecule has 1 aliphatic carbocycles. The summed E-state index contributed by atoms with van der Waals surface area (Å²) in [6.07, 6.45) is 20.6. The van der Waals surface area contributed by atoms with Gasteiger partial charge in [-0.3, -0.25) is 20.0 Å². The molecule has 81 heavy (non-hydrogen) atoms. The molecular weight excluding hydrogens is 1020 g/mol. The summed E-state index contributed by atoms with van der Waals surface area (Å²) < 4.78 is 13.9. The number of ether oxygens (including phenoxy) is 1. The molecule has 0 spiro atoms. The van der Waals surface area contributed by atoms with Gasteiger partial charge in [0.05, 0.1) is 24.5 Å². The molecule has 18 nitrogen and oxygen atoms in total. The Kier molecular flexibility index (Phi) is 23.8. The number of piperidine rings is 3. The average molecular weight is 1110 g/mol. The topological polar surface area (TPSA) is 245 Å². The van der Waals surface area contributed by atoms with E-state index in [1.165, 1.54) is 70.1 Å². The third-order valence-electron chi connectivity index (χ3n) is 18.0. The van der Waals surface area contributed by atoms with E-state index < -0.39 is 5.92 Å². The van der Waals surface area contributed by atoms with E-state index in [-0.39, 0.29) is 42.0 Å². The molecule has 4 fully saturated rings. The van der Waals surface area contributed by atoms with Crippen molar-refractivity contribution in [3.8, 4) is 23.3 Å². The minimum Gasteiger partial charge on any atom is -0.507 e. The summed E-state index contributed by atoms with van der Waals surface area (Å²) in [5.41, 5.74) is 13.1. The molecule has 0 radical (unpaired) electrons. The maximum atomic E-state index is 11.0. The van der Waals surface area contributed by atoms with Gasteiger partial charge in [-0.2, -0.15) is 5.10 Å². The standard InChI is InChI=1S/C36H54N6O3.C26H36N6O.CH3NO/c1-26(2)36(33(7-6-16-37-25-43)27(3)30-8-10-31(11-9-30)42-22-17-38-28(42)4)34-23-35(39-45-34)41-20-12-29(13-21-41)24-40-18-14-32(44-5)15-19-40;1-18(20-11-13-31(14-12-20)22-5-4-6-22)32-17-19(16-30-32)9-10-21(26(28)29)15-24(27)23-7-2-3-8-25(23)33;2-1-3/h8-11,17,22-23,25-27,29,32-33,36H,6-7,12-16,18-21,24H2,1-5H3,(H,37,43);2-3,7-8,16,18-22,27,33H,4-6,11-15,17H2,1H3,(H3,28,29);1H,(H2,2,3). The number of hydrazone groups is 1. The number of hydrogen-bond donors (Lipinski definition) is 6. The molecule has 1 saturated carbocycles. The average Bonchev–Trinajstić information content (AvgIpc) is 4.27. The van der Waals surface area contributed by atoms with Crippen LogP contribution < -0.4 is 21.7 Å². The number of aromatic nitrogens is 3. The number of amides is 2. The van der Waals surface area contributed by atoms with E-state index in [9.17, 15) is 9.90 Å². The number of anilines is 1. The molecule has 4 aliphatic heterocycles. The highest BCUT2D eigenvalue weighted by Gasteiger charge is 2.36. The number of phenolic OH excluding ortho intramolecular Hbond substituents is 1. The number of nitrogens with one attached hydrogen (secondary N) is 3. The number of imidazole rings is 1. The molecule has 6 unspecified atom stereocenters. The lowest BCUT2D eigenvalue weighted by atomic mass is 9.71. The zero-order chi connectivity index (χ0) is 57.8. The molecule has 2 amide bonds. The van der Waals surface area contributed by atoms with Gasteiger partial charge in [0.1, 0.15) is 23.2 Å². The van der Waals surface area contributed by atoms with Crippen molar-refractivity contribution >= 4 is 36.4 Å². The minimum atomic E-state index is -0.548. The van der Waals surface area contributed by atoms with E-state index in [1.807, 2.05) is 32.6 Å². The Hall–Kier alpha value is -6.55. The molecule has 4 aromatic rings. The monoisotopic (exact) mass is 1110 g/mol. The number of methoxy groups -OCH3 is 1. The van der Waals surface area contributed by atoms with E-state index in [1.54, 1.807) is 24.3 Å². The van der Waals surface area contributed by atoms with Crippen LogP contribution in [0.5, 0.6) is 5.75 Å². The van der Waals surface area contributed by atoms with E-state index in [2.05, 4.69) is 120 Å². The van der Waals surface area contributed by atoms with Crippen LogP contribution in [0.1, 0.15) is 139 Å². The van der Waals surface area contributed by atoms with E-state index in [0.29, 0.717) is 47.9 Å². The largest absolute Gasteiger partial charge is 0.507 e. The molecule has 2 aromatic carbocycles. The fourth-order valence-electron chi connectivity index (χ4n) is 12.8. The quantitative estimate of drug-likeness (QED) is 0.0143. The fraction of sp³-hybridized carbons (Fsp3) is 0.603. The van der Waals surface area contributed by atoms with Crippen LogP contribution in [0, 0.1) is 65.1 Å². The van der Waals surface area contributed by atoms with Crippen molar-refractivity contribution in [1.82, 2.24) is 34.8 Å². The maximum absolute atomic E-state index is 11.0. The first-order chi connectivity index (χ1) is 39.2. The van der Waals surface area contributed by atoms with E-state index in [4.69, 9.17) is 30.6 Å². The van der Waals surface area contributed by atoms with Gasteiger partial charge in [-0.05, 0) is 151 Å². The van der Waals surface area contributed by atoms with Gasteiger partial charge < -0.3 is 55.8 Å². The van der Waals surface area contributed by atoms with Crippen molar-refractivity contribution in [3.05, 3.63) is 89.7 Å². The highest BCUT2D eigenvalue weighted by atomic mass is 16.5. The molecule has 440 valence electrons. The Morgan fingerprint density at radius 3 is 2.26 bits per heavy atom. The normalized spacial score (nSPS) is 20.3. The molecule has 6 atom stereocenters. The van der Waals surface area contributed by atoms with Crippen LogP contribution in [0.3, 0.4) is 0 Å². The highest BCUT2D eigenvalue weighted by molar-refractivity contribution is 6.03. The first-order valence-electron chi connectivity index (χ1n) is 29.9. The third-order valence-corrected chi connectivity index (χ3v) is 18.0. The second kappa shape index (κ2) is 31.0. The van der Waals surface area contributed by atoms with Crippen molar-refractivity contribution in [2.75, 3.05) is 70.9 Å². The van der Waals surface area contributed by atoms with Crippen molar-refractivity contribution in [3.63, 3.8) is 0 Å². The van der Waals surface area contributed by atoms with Gasteiger partial charge in [-0.1, -0.05) is 68.5 Å². The van der Waals surface area contributed by atoms with Crippen molar-refractivity contribution in [2.24, 2.45) is 52.1 Å². The van der Waals surface area contributed by atoms with Crippen molar-refractivity contribution < 1.29 is 24.0 Å². The van der Waals surface area contributed by atoms with Crippen LogP contribution in [0.4, 0.5) is 5.82 Å². The maximum Gasteiger partial charge on any atom is 0.207 e. The smallest absolute Gasteiger partial charge is 0.207 e. The van der Waals surface area contributed by atoms with Crippen LogP contribution in [-0.4, -0.2) is 149 Å². The molecule has 8 N–H and O–H groups in total. The Morgan fingerprint density at radius 2 is 1.65 bits per heavy atom. The molecule has 3 saturated heterocycles. The van der Waals surface area contributed by atoms with E-state index in [0.717, 1.165) is 99.9 Å². The van der Waals surface area contributed by atoms with Crippen LogP contribution >= 0.6 is 0 Å². The number of amidine groups is 1. The number of carbonyl (C=O) groups is 2. The van der Waals surface area contributed by atoms with Crippen molar-refractivity contribution in [2.45, 2.75) is 142 Å². The number of nitrogens with zero attached hydrogens (tertiary/aromatic N) is 8. The second-order valence-electron chi connectivity index (χ2n) is 23.5. The van der Waals surface area contributed by atoms with Gasteiger partial charge in [-0.25, -0.2) is 4.98 Å². The fourth-order valence-corrected chi connectivity index (χ4v) is 12.8. The zero-order valence-electron chi connectivity index (χ0n) is 49.1. The first kappa shape index (κ1) is 62.1. The number of primary amides is 1. The number of nitrogens with two attached hydrogens (primary N) is 2. The third kappa shape index (κ3) is 17.2. The van der Waals surface area contributed by atoms with Crippen LogP contribution in [0.2, 0.25) is 0 Å². The number of para-hydroxylation sites is 1. The number of likely N-dealkylation sites (tertiary alicyclic amines) is 2. The number of benzene rings is 2. The molecular formula is C63H93N13O5. The lowest BCUT2D eigenvalue weighted by Crippen LogP contribution is -2.47. The summed E-state index contributed by atoms with van der Waals surface area (Å²) in [6.45, 7) is 20.7. The Balaban J connectivity index is 0.000000232. The highest BCUT2D eigenvalue weighted by Crippen LogP contribution is 2.44. The molecule has 0 bridgehead atoms. The predicted molar refractivity (Wildman–Crippen MR) is 322 cm³/mol. The molecule has 18 heteroatoms. The second-order valence-corrected chi connectivity index (χ2v) is 23.5. The summed E-state index contributed by atoms with van der Waals surface area (Å²) in [6, 6.07) is 19.1. The molecule has 2 aromatic heterocycles. The SMILES string of the molecule is CC(C1CCN(C2CCC2)CC1)N1CC(C#CC(CC(=N)c2ccccc2O)C(=N)N)C=N1.COC1CCN(CC2CCN(c3cc(C(C(C)C)C(CCCNC=O)C(C)c4ccc(-n5ccnc5C)cc4)on3)CC2)CC1.NC=O. The Labute approximate surface area is 481 Å². The number of aromatic hydroxyl groups is 1. The summed E-state index contributed by atoms with van der Waals surface area (Å²) in [7, 11) is 1.84. The van der Waals surface area contributed by atoms with Gasteiger partial charge >= 0.3 is 0 Å². The van der Waals surface area contributed by atoms with Crippen LogP contribution in [-0.2, 0) is 14.3 Å². The van der Waals surface area contributed by atoms with Gasteiger partial charge in [0.15, 0.2) is 5.82 Å². The molecule has 6 heterocycles. The first-order valence-corrected chi connectivity index (χ1v) is 29.9. The molecule has 5 aliphatic rings. The number of carbonyl (C=O) groups excluding carboxylic acids is 2. The number of phenols is 1. The van der Waals surface area contributed by atoms with E-state index >= 15 is 0 Å². The number of rotatable bonds is 22. The summed E-state index contributed by atoms with van der Waals surface area (Å²) in [4.78, 5) is 31.7.